The van der Waals surface area contributed by atoms with Gasteiger partial charge >= 0.3 is 11.9 Å². The van der Waals surface area contributed by atoms with Crippen molar-refractivity contribution in [2.24, 2.45) is 5.73 Å². The third kappa shape index (κ3) is 2.91. The highest BCUT2D eigenvalue weighted by molar-refractivity contribution is 5.78. The molecule has 1 aromatic carbocycles. The van der Waals surface area contributed by atoms with E-state index in [1.54, 1.807) is 0 Å². The number of carbonyl (C=O) groups is 1. The van der Waals surface area contributed by atoms with Crippen LogP contribution in [-0.4, -0.2) is 23.6 Å². The summed E-state index contributed by atoms with van der Waals surface area (Å²) in [6, 6.07) is 3.09. The van der Waals surface area contributed by atoms with Gasteiger partial charge in [0, 0.05) is 0 Å². The molecule has 0 fully saturated rings. The molecule has 4 nitrogen and oxygen atoms in total. The molecule has 0 radical (unpaired) electrons. The second-order valence-electron chi connectivity index (χ2n) is 3.41. The van der Waals surface area contributed by atoms with E-state index in [-0.39, 0.29) is 17.9 Å². The Morgan fingerprint density at radius 2 is 2.00 bits per heavy atom. The van der Waals surface area contributed by atoms with Crippen molar-refractivity contribution >= 4 is 5.97 Å². The largest absolute Gasteiger partial charge is 0.508 e. The zero-order valence-corrected chi connectivity index (χ0v) is 9.19. The molecule has 0 aliphatic rings. The van der Waals surface area contributed by atoms with Crippen LogP contribution in [0.2, 0.25) is 0 Å². The molecular formula is C11H13F2NO3. The first kappa shape index (κ1) is 13.4. The van der Waals surface area contributed by atoms with Crippen molar-refractivity contribution in [2.75, 3.05) is 6.61 Å². The molecule has 0 bridgehead atoms. The van der Waals surface area contributed by atoms with E-state index in [1.165, 1.54) is 31.2 Å². The van der Waals surface area contributed by atoms with Crippen LogP contribution in [0.25, 0.3) is 0 Å². The molecule has 6 heteroatoms. The Labute approximate surface area is 97.0 Å². The van der Waals surface area contributed by atoms with Crippen molar-refractivity contribution in [1.29, 1.82) is 0 Å². The molecule has 17 heavy (non-hydrogen) atoms. The molecule has 0 saturated heterocycles. The number of halogens is 2. The number of hydrogen-bond acceptors (Lipinski definition) is 4. The van der Waals surface area contributed by atoms with E-state index in [1.807, 2.05) is 0 Å². The monoisotopic (exact) mass is 245 g/mol. The van der Waals surface area contributed by atoms with Crippen LogP contribution in [0, 0.1) is 0 Å². The summed E-state index contributed by atoms with van der Waals surface area (Å²) in [5.74, 6) is -5.52. The second kappa shape index (κ2) is 5.09. The van der Waals surface area contributed by atoms with Crippen LogP contribution < -0.4 is 5.73 Å². The molecule has 0 spiro atoms. The van der Waals surface area contributed by atoms with Crippen LogP contribution in [0.5, 0.6) is 5.75 Å². The van der Waals surface area contributed by atoms with Gasteiger partial charge in [0.05, 0.1) is 6.61 Å². The number of phenols is 1. The average Bonchev–Trinajstić information content (AvgIpc) is 2.29. The molecule has 0 saturated carbocycles. The normalized spacial score (nSPS) is 13.2. The molecule has 0 aliphatic carbocycles. The van der Waals surface area contributed by atoms with Gasteiger partial charge < -0.3 is 15.6 Å². The highest BCUT2D eigenvalue weighted by atomic mass is 19.3. The van der Waals surface area contributed by atoms with Crippen LogP contribution in [0.3, 0.4) is 0 Å². The summed E-state index contributed by atoms with van der Waals surface area (Å²) in [6.45, 7) is 1.29. The summed E-state index contributed by atoms with van der Waals surface area (Å²) in [6.07, 6.45) is 0. The van der Waals surface area contributed by atoms with Gasteiger partial charge in [-0.3, -0.25) is 0 Å². The van der Waals surface area contributed by atoms with E-state index in [0.29, 0.717) is 0 Å². The number of benzene rings is 1. The average molecular weight is 245 g/mol. The van der Waals surface area contributed by atoms with Crippen LogP contribution >= 0.6 is 0 Å². The summed E-state index contributed by atoms with van der Waals surface area (Å²) in [4.78, 5) is 11.0. The molecule has 1 rings (SSSR count). The summed E-state index contributed by atoms with van der Waals surface area (Å²) < 4.78 is 31.3. The highest BCUT2D eigenvalue weighted by Crippen LogP contribution is 2.31. The van der Waals surface area contributed by atoms with Crippen molar-refractivity contribution in [3.8, 4) is 5.75 Å². The fraction of sp³-hybridized carbons (Fsp3) is 0.364. The fourth-order valence-electron chi connectivity index (χ4n) is 1.25. The third-order valence-electron chi connectivity index (χ3n) is 2.19. The lowest BCUT2D eigenvalue weighted by Gasteiger charge is -2.21. The Hall–Kier alpha value is -1.69. The minimum Gasteiger partial charge on any atom is -0.508 e. The zero-order chi connectivity index (χ0) is 13.1. The summed E-state index contributed by atoms with van der Waals surface area (Å²) >= 11 is 0. The lowest BCUT2D eigenvalue weighted by molar-refractivity contribution is -0.174. The fourth-order valence-corrected chi connectivity index (χ4v) is 1.25. The van der Waals surface area contributed by atoms with Crippen molar-refractivity contribution in [3.63, 3.8) is 0 Å². The minimum atomic E-state index is -3.80. The Morgan fingerprint density at radius 3 is 2.47 bits per heavy atom. The van der Waals surface area contributed by atoms with Gasteiger partial charge in [0.1, 0.15) is 11.8 Å². The topological polar surface area (TPSA) is 72.5 Å². The van der Waals surface area contributed by atoms with Crippen LogP contribution in [-0.2, 0) is 9.53 Å². The molecule has 0 aromatic heterocycles. The Balaban J connectivity index is 2.91. The van der Waals surface area contributed by atoms with Gasteiger partial charge in [-0.25, -0.2) is 4.79 Å². The van der Waals surface area contributed by atoms with Gasteiger partial charge in [-0.1, -0.05) is 12.1 Å². The molecule has 0 aliphatic heterocycles. The van der Waals surface area contributed by atoms with Crippen LogP contribution in [0.4, 0.5) is 8.78 Å². The third-order valence-corrected chi connectivity index (χ3v) is 2.19. The van der Waals surface area contributed by atoms with Crippen LogP contribution in [0.1, 0.15) is 18.5 Å². The summed E-state index contributed by atoms with van der Waals surface area (Å²) in [7, 11) is 0. The molecule has 94 valence electrons. The number of alkyl halides is 2. The number of hydrogen-bond donors (Lipinski definition) is 2. The SMILES string of the molecule is CCOC(=O)C(F)(F)[C@H](N)c1ccc(O)cc1. The van der Waals surface area contributed by atoms with E-state index in [2.05, 4.69) is 4.74 Å². The van der Waals surface area contributed by atoms with Gasteiger partial charge in [-0.05, 0) is 24.6 Å². The van der Waals surface area contributed by atoms with Crippen molar-refractivity contribution < 1.29 is 23.4 Å². The van der Waals surface area contributed by atoms with Crippen molar-refractivity contribution in [3.05, 3.63) is 29.8 Å². The maximum atomic E-state index is 13.5. The van der Waals surface area contributed by atoms with E-state index in [9.17, 15) is 13.6 Å². The lowest BCUT2D eigenvalue weighted by Crippen LogP contribution is -2.41. The number of carbonyl (C=O) groups excluding carboxylic acids is 1. The number of ether oxygens (including phenoxy) is 1. The quantitative estimate of drug-likeness (QED) is 0.790. The second-order valence-corrected chi connectivity index (χ2v) is 3.41. The van der Waals surface area contributed by atoms with Gasteiger partial charge in [0.2, 0.25) is 0 Å². The first-order chi connectivity index (χ1) is 7.89. The maximum absolute atomic E-state index is 13.5. The predicted molar refractivity (Wildman–Crippen MR) is 56.6 cm³/mol. The maximum Gasteiger partial charge on any atom is 0.379 e. The summed E-state index contributed by atoms with van der Waals surface area (Å²) in [5, 5.41) is 9.01. The molecule has 0 amide bonds. The van der Waals surface area contributed by atoms with Gasteiger partial charge in [0.15, 0.2) is 0 Å². The Bertz CT molecular complexity index is 392. The Morgan fingerprint density at radius 1 is 1.47 bits per heavy atom. The van der Waals surface area contributed by atoms with Gasteiger partial charge in [0.25, 0.3) is 0 Å². The van der Waals surface area contributed by atoms with E-state index in [4.69, 9.17) is 10.8 Å². The Kier molecular flexibility index (Phi) is 4.01. The first-order valence-electron chi connectivity index (χ1n) is 4.99. The van der Waals surface area contributed by atoms with Crippen molar-refractivity contribution in [1.82, 2.24) is 0 Å². The minimum absolute atomic E-state index is 0.0425. The number of aromatic hydroxyl groups is 1. The zero-order valence-electron chi connectivity index (χ0n) is 9.19. The van der Waals surface area contributed by atoms with E-state index in [0.717, 1.165) is 0 Å². The highest BCUT2D eigenvalue weighted by Gasteiger charge is 2.47. The van der Waals surface area contributed by atoms with Gasteiger partial charge in [-0.2, -0.15) is 8.78 Å². The van der Waals surface area contributed by atoms with E-state index >= 15 is 0 Å². The van der Waals surface area contributed by atoms with Crippen LogP contribution in [0.15, 0.2) is 24.3 Å². The van der Waals surface area contributed by atoms with Gasteiger partial charge in [-0.15, -0.1) is 0 Å². The molecule has 0 heterocycles. The molecule has 0 unspecified atom stereocenters. The van der Waals surface area contributed by atoms with Crippen molar-refractivity contribution in [2.45, 2.75) is 18.9 Å². The number of rotatable bonds is 4. The van der Waals surface area contributed by atoms with E-state index < -0.39 is 17.9 Å². The standard InChI is InChI=1S/C11H13F2NO3/c1-2-17-10(16)11(12,13)9(14)7-3-5-8(15)6-4-7/h3-6,9,15H,2,14H2,1H3/t9-/m1/s1. The molecule has 3 N–H and O–H groups in total. The smallest absolute Gasteiger partial charge is 0.379 e. The lowest BCUT2D eigenvalue weighted by atomic mass is 10.0. The molecule has 1 aromatic rings. The molecular weight excluding hydrogens is 232 g/mol. The summed E-state index contributed by atoms with van der Waals surface area (Å²) in [5.41, 5.74) is 5.36. The number of esters is 1. The molecule has 1 atom stereocenters. The number of phenolic OH excluding ortho intramolecular Hbond substituents is 1. The predicted octanol–water partition coefficient (Wildman–Crippen LogP) is 1.59. The number of nitrogens with two attached hydrogens (primary N) is 1. The first-order valence-corrected chi connectivity index (χ1v) is 4.99.